The quantitative estimate of drug-likeness (QED) is 0.512. The molecular weight excluding hydrogens is 388 g/mol. The van der Waals surface area contributed by atoms with Gasteiger partial charge in [-0.05, 0) is 19.1 Å². The van der Waals surface area contributed by atoms with E-state index in [0.717, 1.165) is 26.2 Å². The molecule has 7 heteroatoms. The van der Waals surface area contributed by atoms with Crippen molar-refractivity contribution >= 4 is 29.1 Å². The third-order valence-corrected chi connectivity index (χ3v) is 5.84. The summed E-state index contributed by atoms with van der Waals surface area (Å²) in [5.74, 6) is -1.36. The van der Waals surface area contributed by atoms with Crippen molar-refractivity contribution < 1.29 is 19.4 Å². The van der Waals surface area contributed by atoms with Crippen LogP contribution in [0.2, 0.25) is 5.02 Å². The SMILES string of the molecule is Cc1ccc([C@H](CNC(=O)C(=O)Nc2ccccc2Cl)[NH+]2CC[NH+](C)CC2)cc1. The van der Waals surface area contributed by atoms with Gasteiger partial charge in [0.05, 0.1) is 24.3 Å². The van der Waals surface area contributed by atoms with E-state index in [1.165, 1.54) is 20.9 Å². The van der Waals surface area contributed by atoms with Crippen molar-refractivity contribution in [1.82, 2.24) is 5.32 Å². The first-order valence-electron chi connectivity index (χ1n) is 10.00. The van der Waals surface area contributed by atoms with Crippen LogP contribution in [0.3, 0.4) is 0 Å². The lowest BCUT2D eigenvalue weighted by Crippen LogP contribution is -3.27. The number of carbonyl (C=O) groups is 2. The molecule has 1 saturated heterocycles. The molecule has 0 aromatic heterocycles. The van der Waals surface area contributed by atoms with Crippen LogP contribution in [0.15, 0.2) is 48.5 Å². The van der Waals surface area contributed by atoms with E-state index in [-0.39, 0.29) is 6.04 Å². The zero-order valence-corrected chi connectivity index (χ0v) is 17.7. The van der Waals surface area contributed by atoms with Gasteiger partial charge >= 0.3 is 11.8 Å². The predicted molar refractivity (Wildman–Crippen MR) is 114 cm³/mol. The van der Waals surface area contributed by atoms with Crippen molar-refractivity contribution in [2.45, 2.75) is 13.0 Å². The Morgan fingerprint density at radius 1 is 1.00 bits per heavy atom. The maximum Gasteiger partial charge on any atom is 0.313 e. The molecule has 0 spiro atoms. The summed E-state index contributed by atoms with van der Waals surface area (Å²) in [6.45, 7) is 6.73. The van der Waals surface area contributed by atoms with Crippen LogP contribution in [0.25, 0.3) is 0 Å². The smallest absolute Gasteiger partial charge is 0.313 e. The summed E-state index contributed by atoms with van der Waals surface area (Å²) in [4.78, 5) is 27.7. The van der Waals surface area contributed by atoms with Gasteiger partial charge < -0.3 is 20.4 Å². The van der Waals surface area contributed by atoms with E-state index in [1.807, 2.05) is 0 Å². The number of halogens is 1. The highest BCUT2D eigenvalue weighted by Gasteiger charge is 2.30. The average molecular weight is 417 g/mol. The highest BCUT2D eigenvalue weighted by Crippen LogP contribution is 2.20. The van der Waals surface area contributed by atoms with Gasteiger partial charge in [0, 0.05) is 5.56 Å². The number of hydrogen-bond acceptors (Lipinski definition) is 2. The molecule has 1 aliphatic heterocycles. The lowest BCUT2D eigenvalue weighted by atomic mass is 10.0. The van der Waals surface area contributed by atoms with E-state index in [1.54, 1.807) is 24.3 Å². The van der Waals surface area contributed by atoms with Crippen LogP contribution in [0.1, 0.15) is 17.2 Å². The van der Waals surface area contributed by atoms with Gasteiger partial charge in [-0.3, -0.25) is 9.59 Å². The van der Waals surface area contributed by atoms with Crippen molar-refractivity contribution in [3.63, 3.8) is 0 Å². The summed E-state index contributed by atoms with van der Waals surface area (Å²) in [5, 5.41) is 5.79. The molecule has 1 aliphatic rings. The summed E-state index contributed by atoms with van der Waals surface area (Å²) in [5.41, 5.74) is 2.81. The van der Waals surface area contributed by atoms with Gasteiger partial charge in [-0.15, -0.1) is 0 Å². The van der Waals surface area contributed by atoms with Crippen molar-refractivity contribution in [3.05, 3.63) is 64.7 Å². The van der Waals surface area contributed by atoms with E-state index < -0.39 is 11.8 Å². The number of carbonyl (C=O) groups excluding carboxylic acids is 2. The number of likely N-dealkylation sites (N-methyl/N-ethyl adjacent to an activating group) is 1. The fourth-order valence-electron chi connectivity index (χ4n) is 3.66. The number of quaternary nitrogens is 2. The lowest BCUT2D eigenvalue weighted by molar-refractivity contribution is -1.02. The Morgan fingerprint density at radius 2 is 1.66 bits per heavy atom. The van der Waals surface area contributed by atoms with Crippen molar-refractivity contribution in [2.24, 2.45) is 0 Å². The number of nitrogens with one attached hydrogen (secondary N) is 4. The number of anilines is 1. The van der Waals surface area contributed by atoms with Crippen molar-refractivity contribution in [1.29, 1.82) is 0 Å². The first-order valence-corrected chi connectivity index (χ1v) is 10.4. The minimum atomic E-state index is -0.710. The minimum Gasteiger partial charge on any atom is -0.341 e. The monoisotopic (exact) mass is 416 g/mol. The second-order valence-electron chi connectivity index (χ2n) is 7.72. The molecule has 1 heterocycles. The van der Waals surface area contributed by atoms with Gasteiger partial charge in [-0.25, -0.2) is 0 Å². The summed E-state index contributed by atoms with van der Waals surface area (Å²) in [7, 11) is 2.21. The van der Waals surface area contributed by atoms with Crippen LogP contribution in [0.4, 0.5) is 5.69 Å². The van der Waals surface area contributed by atoms with Crippen LogP contribution < -0.4 is 20.4 Å². The van der Waals surface area contributed by atoms with Gasteiger partial charge in [0.2, 0.25) is 0 Å². The molecule has 0 unspecified atom stereocenters. The van der Waals surface area contributed by atoms with E-state index in [4.69, 9.17) is 11.6 Å². The van der Waals surface area contributed by atoms with Crippen molar-refractivity contribution in [3.8, 4) is 0 Å². The van der Waals surface area contributed by atoms with E-state index in [9.17, 15) is 9.59 Å². The van der Waals surface area contributed by atoms with Gasteiger partial charge in [-0.1, -0.05) is 53.6 Å². The van der Waals surface area contributed by atoms with Crippen molar-refractivity contribution in [2.75, 3.05) is 45.1 Å². The fourth-order valence-corrected chi connectivity index (χ4v) is 3.84. The van der Waals surface area contributed by atoms with E-state index in [2.05, 4.69) is 48.9 Å². The highest BCUT2D eigenvalue weighted by atomic mass is 35.5. The molecule has 0 saturated carbocycles. The van der Waals surface area contributed by atoms with Gasteiger partial charge in [0.15, 0.2) is 0 Å². The number of amides is 2. The van der Waals surface area contributed by atoms with Crippen LogP contribution in [0.5, 0.6) is 0 Å². The Bertz CT molecular complexity index is 848. The second kappa shape index (κ2) is 9.87. The highest BCUT2D eigenvalue weighted by molar-refractivity contribution is 6.41. The molecule has 1 atom stereocenters. The largest absolute Gasteiger partial charge is 0.341 e. The van der Waals surface area contributed by atoms with Crippen LogP contribution in [-0.2, 0) is 9.59 Å². The molecule has 6 nitrogen and oxygen atoms in total. The maximum atomic E-state index is 12.4. The second-order valence-corrected chi connectivity index (χ2v) is 8.13. The standard InChI is InChI=1S/C22H27ClN4O2/c1-16-7-9-17(10-8-16)20(27-13-11-26(2)12-14-27)15-24-21(28)22(29)25-19-6-4-3-5-18(19)23/h3-10,20H,11-15H2,1-2H3,(H,24,28)(H,25,29)/p+2/t20-/m0/s1. The first-order chi connectivity index (χ1) is 13.9. The Hall–Kier alpha value is -2.41. The fraction of sp³-hybridized carbons (Fsp3) is 0.364. The Labute approximate surface area is 176 Å². The number of para-hydroxylation sites is 1. The third-order valence-electron chi connectivity index (χ3n) is 5.51. The summed E-state index contributed by atoms with van der Waals surface area (Å²) in [6.07, 6.45) is 0. The predicted octanol–water partition coefficient (Wildman–Crippen LogP) is -0.142. The lowest BCUT2D eigenvalue weighted by Gasteiger charge is -2.33. The third kappa shape index (κ3) is 5.79. The zero-order chi connectivity index (χ0) is 20.8. The molecule has 4 N–H and O–H groups in total. The topological polar surface area (TPSA) is 67.1 Å². The molecule has 0 aliphatic carbocycles. The number of aryl methyl sites for hydroxylation is 1. The molecule has 0 bridgehead atoms. The van der Waals surface area contributed by atoms with Crippen LogP contribution in [-0.4, -0.2) is 51.6 Å². The summed E-state index contributed by atoms with van der Waals surface area (Å²) in [6, 6.07) is 15.4. The minimum absolute atomic E-state index is 0.112. The molecule has 0 radical (unpaired) electrons. The Morgan fingerprint density at radius 3 is 2.31 bits per heavy atom. The molecule has 2 amide bonds. The number of rotatable bonds is 5. The molecule has 2 aromatic rings. The summed E-state index contributed by atoms with van der Waals surface area (Å²) >= 11 is 6.05. The van der Waals surface area contributed by atoms with Crippen LogP contribution >= 0.6 is 11.6 Å². The van der Waals surface area contributed by atoms with Crippen LogP contribution in [0, 0.1) is 6.92 Å². The molecule has 3 rings (SSSR count). The molecule has 1 fully saturated rings. The molecular formula is C22H29ClN4O2+2. The average Bonchev–Trinajstić information content (AvgIpc) is 2.72. The molecule has 29 heavy (non-hydrogen) atoms. The molecule has 154 valence electrons. The van der Waals surface area contributed by atoms with Gasteiger partial charge in [0.1, 0.15) is 32.2 Å². The maximum absolute atomic E-state index is 12.4. The Balaban J connectivity index is 1.65. The first kappa shape index (κ1) is 21.3. The number of hydrogen-bond donors (Lipinski definition) is 4. The molecule has 2 aromatic carbocycles. The summed E-state index contributed by atoms with van der Waals surface area (Å²) < 4.78 is 0. The van der Waals surface area contributed by atoms with Gasteiger partial charge in [-0.2, -0.15) is 0 Å². The number of benzene rings is 2. The Kier molecular flexibility index (Phi) is 7.25. The van der Waals surface area contributed by atoms with E-state index >= 15 is 0 Å². The zero-order valence-electron chi connectivity index (χ0n) is 16.9. The number of piperazine rings is 1. The normalized spacial score (nSPS) is 20.0. The van der Waals surface area contributed by atoms with Gasteiger partial charge in [0.25, 0.3) is 0 Å². The van der Waals surface area contributed by atoms with E-state index in [0.29, 0.717) is 17.3 Å².